The normalized spacial score (nSPS) is 15.0. The molecule has 14 nitrogen and oxygen atoms in total. The molecule has 0 saturated carbocycles. The molecule has 3 heterocycles. The van der Waals surface area contributed by atoms with Gasteiger partial charge in [0.1, 0.15) is 86.5 Å². The summed E-state index contributed by atoms with van der Waals surface area (Å²) < 4.78 is 143. The van der Waals surface area contributed by atoms with Gasteiger partial charge in [-0.15, -0.1) is 0 Å². The van der Waals surface area contributed by atoms with Gasteiger partial charge < -0.3 is 53.6 Å². The second-order valence-corrected chi connectivity index (χ2v) is 34.7. The summed E-state index contributed by atoms with van der Waals surface area (Å²) >= 11 is 0. The summed E-state index contributed by atoms with van der Waals surface area (Å²) in [7, 11) is 0. The first kappa shape index (κ1) is 110. The Hall–Kier alpha value is -7.70. The molecule has 0 amide bonds. The highest BCUT2D eigenvalue weighted by atomic mass is 19.4. The molecule has 3 aliphatic heterocycles. The van der Waals surface area contributed by atoms with Crippen LogP contribution in [0.15, 0.2) is 152 Å². The van der Waals surface area contributed by atoms with Crippen LogP contribution in [0.1, 0.15) is 312 Å². The molecule has 7 aromatic rings. The van der Waals surface area contributed by atoms with Crippen LogP contribution in [0.25, 0.3) is 0 Å². The quantitative estimate of drug-likeness (QED) is 0.0275. The van der Waals surface area contributed by atoms with Crippen LogP contribution in [0, 0.1) is 0 Å². The lowest BCUT2D eigenvalue weighted by molar-refractivity contribution is -0.139. The smallest absolute Gasteiger partial charge is 0.416 e. The van der Waals surface area contributed by atoms with Crippen molar-refractivity contribution in [2.24, 2.45) is 0 Å². The Kier molecular flexibility index (Phi) is 52.1. The van der Waals surface area contributed by atoms with Gasteiger partial charge in [0.2, 0.25) is 0 Å². The van der Waals surface area contributed by atoms with Crippen molar-refractivity contribution in [1.82, 2.24) is 14.7 Å². The number of piperidine rings is 3. The summed E-state index contributed by atoms with van der Waals surface area (Å²) in [6.07, 6.45) is 1.44. The molecule has 125 heavy (non-hydrogen) atoms. The molecular weight excluding hydrogens is 1610 g/mol. The van der Waals surface area contributed by atoms with E-state index >= 15 is 0 Å². The van der Waals surface area contributed by atoms with Crippen molar-refractivity contribution >= 4 is 0 Å². The van der Waals surface area contributed by atoms with Crippen molar-refractivity contribution in [3.05, 3.63) is 207 Å². The highest BCUT2D eigenvalue weighted by molar-refractivity contribution is 5.42. The molecule has 3 saturated heterocycles. The van der Waals surface area contributed by atoms with Crippen LogP contribution in [0.4, 0.5) is 35.1 Å². The van der Waals surface area contributed by atoms with Gasteiger partial charge >= 0.3 is 12.4 Å². The minimum atomic E-state index is -4.40. The van der Waals surface area contributed by atoms with Crippen molar-refractivity contribution in [3.8, 4) is 40.2 Å². The van der Waals surface area contributed by atoms with Crippen LogP contribution in [-0.2, 0) is 12.4 Å². The molecule has 7 aromatic carbocycles. The lowest BCUT2D eigenvalue weighted by Crippen LogP contribution is -2.33. The van der Waals surface area contributed by atoms with E-state index in [1.54, 1.807) is 46.8 Å². The predicted octanol–water partition coefficient (Wildman–Crippen LogP) is 25.8. The lowest BCUT2D eigenvalue weighted by Gasteiger charge is -2.26. The van der Waals surface area contributed by atoms with Gasteiger partial charge in [0.15, 0.2) is 0 Å². The molecule has 702 valence electrons. The van der Waals surface area contributed by atoms with E-state index in [0.717, 1.165) is 107 Å². The Morgan fingerprint density at radius 1 is 0.288 bits per heavy atom. The summed E-state index contributed by atoms with van der Waals surface area (Å²) in [4.78, 5) is 7.26. The molecule has 0 spiro atoms. The van der Waals surface area contributed by atoms with E-state index in [2.05, 4.69) is 119 Å². The molecule has 0 radical (unpaired) electrons. The Morgan fingerprint density at radius 2 is 0.616 bits per heavy atom. The molecule has 22 heteroatoms. The third-order valence-corrected chi connectivity index (χ3v) is 22.0. The summed E-state index contributed by atoms with van der Waals surface area (Å²) in [6.45, 7) is 48.6. The maximum atomic E-state index is 13.0. The average Bonchev–Trinajstić information content (AvgIpc) is 0.812. The Labute approximate surface area is 745 Å². The van der Waals surface area contributed by atoms with E-state index in [0.29, 0.717) is 85.8 Å². The number of aliphatic hydroxyl groups is 4. The number of ether oxygens (including phenoxy) is 7. The monoisotopic (exact) mass is 1760 g/mol. The molecule has 3 fully saturated rings. The topological polar surface area (TPSA) is 155 Å². The van der Waals surface area contributed by atoms with Crippen molar-refractivity contribution in [2.45, 2.75) is 293 Å². The molecule has 4 atom stereocenters. The van der Waals surface area contributed by atoms with Gasteiger partial charge in [0, 0.05) is 25.2 Å². The average molecular weight is 1760 g/mol. The molecule has 4 N–H and O–H groups in total. The molecular formula is C103H153F8N3O11. The number of hydrogen-bond donors (Lipinski definition) is 4. The SMILES string of the molecule is CC(C)c1cc(OCCN2CCCCC2)ccc1C(F)(F)F.CC(C)c1cc(OCCN2CCCCC2)ccc1C(F)F.CC(C)c1cccc(OCCN2CCCCC2)c1.CCC(O)COc1ccc(C(C)C)c(C(F)(F)F)c1.CCC(O)COc1ccc(C(C)C)cc1.CCC(O)COc1cccc(C(C)C)c1.CCC(O)COc1ccccc1C(C)C. The lowest BCUT2D eigenvalue weighted by atomic mass is 9.96. The Balaban J connectivity index is 0.000000307. The van der Waals surface area contributed by atoms with Gasteiger partial charge in [-0.2, -0.15) is 26.3 Å². The zero-order valence-electron chi connectivity index (χ0n) is 78.4. The number of aliphatic hydroxyl groups excluding tert-OH is 4. The van der Waals surface area contributed by atoms with E-state index in [1.807, 2.05) is 83.1 Å². The van der Waals surface area contributed by atoms with Gasteiger partial charge in [0.05, 0.1) is 35.5 Å². The Morgan fingerprint density at radius 3 is 0.984 bits per heavy atom. The molecule has 0 bridgehead atoms. The second-order valence-electron chi connectivity index (χ2n) is 34.7. The summed E-state index contributed by atoms with van der Waals surface area (Å²) in [5, 5.41) is 37.5. The van der Waals surface area contributed by atoms with Gasteiger partial charge in [-0.05, 0) is 275 Å². The van der Waals surface area contributed by atoms with Crippen molar-refractivity contribution in [1.29, 1.82) is 0 Å². The number of para-hydroxylation sites is 1. The highest BCUT2D eigenvalue weighted by Gasteiger charge is 2.36. The van der Waals surface area contributed by atoms with E-state index < -0.39 is 36.0 Å². The molecule has 4 unspecified atom stereocenters. The van der Waals surface area contributed by atoms with Crippen molar-refractivity contribution in [2.75, 3.05) is 105 Å². The van der Waals surface area contributed by atoms with Crippen molar-refractivity contribution < 1.29 is 88.7 Å². The molecule has 10 rings (SSSR count). The number of hydrogen-bond acceptors (Lipinski definition) is 14. The van der Waals surface area contributed by atoms with Crippen LogP contribution < -0.4 is 33.2 Å². The van der Waals surface area contributed by atoms with Crippen LogP contribution in [0.2, 0.25) is 0 Å². The zero-order valence-corrected chi connectivity index (χ0v) is 78.4. The van der Waals surface area contributed by atoms with Crippen LogP contribution in [0.3, 0.4) is 0 Å². The van der Waals surface area contributed by atoms with E-state index in [-0.39, 0.29) is 59.5 Å². The van der Waals surface area contributed by atoms with Crippen LogP contribution in [-0.4, -0.2) is 165 Å². The van der Waals surface area contributed by atoms with Gasteiger partial charge in [0.25, 0.3) is 6.43 Å². The highest BCUT2D eigenvalue weighted by Crippen LogP contribution is 2.40. The number of likely N-dealkylation sites (tertiary alicyclic amines) is 3. The van der Waals surface area contributed by atoms with Gasteiger partial charge in [-0.1, -0.05) is 205 Å². The summed E-state index contributed by atoms with van der Waals surface area (Å²) in [5.74, 6) is 6.63. The van der Waals surface area contributed by atoms with Crippen molar-refractivity contribution in [3.63, 3.8) is 0 Å². The number of alkyl halides is 8. The number of rotatable bonds is 36. The van der Waals surface area contributed by atoms with E-state index in [9.17, 15) is 55.5 Å². The maximum Gasteiger partial charge on any atom is 0.416 e. The summed E-state index contributed by atoms with van der Waals surface area (Å²) in [6, 6.07) is 45.5. The standard InChI is InChI=1S/C17H24F3NO.C17H25F2NO.C16H25NO.C14H19F3O2.3C13H20O2/c1-13(2)15-12-14(6-7-16(15)17(18,19)20)22-11-10-21-8-4-3-5-9-21;1-13(2)16-12-14(6-7-15(16)17(18)19)21-11-10-20-8-4-3-5-9-20;1-14(2)15-7-6-8-16(13-15)18-12-11-17-9-4-3-5-10-17;1-4-10(18)8-19-11-5-6-12(9(2)3)13(7-11)14(15,16)17;1-4-12(14)9-15-13-7-5-11(6-8-13)10(2)3;1-4-12(14)9-15-13-7-5-6-11(8-13)10(2)3;1-4-11(14)9-15-13-8-6-5-7-12(13)10(2)3/h6-7,12-13H,3-5,8-11H2,1-2H3;6-7,12-13,17H,3-5,8-11H2,1-2H3;6-8,13-14H,3-5,9-12H2,1-2H3;5-7,9-10,18H,4,8H2,1-3H3;2*5-8,10,12,14H,4,9H2,1-3H3;5-8,10-11,14H,4,9H2,1-3H3. The third kappa shape index (κ3) is 43.8. The fourth-order valence-corrected chi connectivity index (χ4v) is 13.7. The Bertz CT molecular complexity index is 3990. The number of benzene rings is 7. The number of halogens is 8. The van der Waals surface area contributed by atoms with Crippen LogP contribution >= 0.6 is 0 Å². The minimum Gasteiger partial charge on any atom is -0.492 e. The molecule has 0 aromatic heterocycles. The van der Waals surface area contributed by atoms with Gasteiger partial charge in [-0.25, -0.2) is 8.78 Å². The zero-order chi connectivity index (χ0) is 92.6. The van der Waals surface area contributed by atoms with Crippen LogP contribution in [0.5, 0.6) is 40.2 Å². The predicted molar refractivity (Wildman–Crippen MR) is 493 cm³/mol. The first-order valence-corrected chi connectivity index (χ1v) is 45.9. The maximum absolute atomic E-state index is 13.0. The largest absolute Gasteiger partial charge is 0.492 e. The minimum absolute atomic E-state index is 0.00514. The fourth-order valence-electron chi connectivity index (χ4n) is 13.7. The second kappa shape index (κ2) is 59.4. The third-order valence-electron chi connectivity index (χ3n) is 22.0. The number of nitrogens with zero attached hydrogens (tertiary/aromatic N) is 3. The fraction of sp³-hybridized carbons (Fsp3) is 0.592. The summed E-state index contributed by atoms with van der Waals surface area (Å²) in [5.41, 5.74) is 5.22. The molecule has 0 aliphatic carbocycles. The van der Waals surface area contributed by atoms with Gasteiger partial charge in [-0.3, -0.25) is 14.7 Å². The molecule has 3 aliphatic rings. The van der Waals surface area contributed by atoms with E-state index in [4.69, 9.17) is 33.2 Å². The first-order chi connectivity index (χ1) is 59.4. The van der Waals surface area contributed by atoms with E-state index in [1.165, 1.54) is 123 Å². The first-order valence-electron chi connectivity index (χ1n) is 45.9.